The van der Waals surface area contributed by atoms with Crippen molar-refractivity contribution in [1.82, 2.24) is 10.7 Å². The Morgan fingerprint density at radius 2 is 1.93 bits per heavy atom. The number of nitrogens with one attached hydrogen (secondary N) is 2. The van der Waals surface area contributed by atoms with Gasteiger partial charge in [-0.05, 0) is 55.4 Å². The van der Waals surface area contributed by atoms with Crippen LogP contribution >= 0.6 is 12.2 Å². The summed E-state index contributed by atoms with van der Waals surface area (Å²) in [5.74, 6) is 1.38. The average Bonchev–Trinajstić information content (AvgIpc) is 2.67. The zero-order valence-electron chi connectivity index (χ0n) is 15.7. The summed E-state index contributed by atoms with van der Waals surface area (Å²) in [6.45, 7) is 9.25. The molecule has 0 radical (unpaired) electrons. The van der Waals surface area contributed by atoms with Gasteiger partial charge in [0.05, 0.1) is 12.8 Å². The molecule has 0 heterocycles. The molecule has 0 spiro atoms. The van der Waals surface area contributed by atoms with Gasteiger partial charge < -0.3 is 14.8 Å². The van der Waals surface area contributed by atoms with E-state index >= 15 is 0 Å². The number of thiocarbonyl (C=S) groups is 1. The van der Waals surface area contributed by atoms with Gasteiger partial charge in [-0.15, -0.1) is 6.58 Å². The number of hydrazone groups is 1. The van der Waals surface area contributed by atoms with Crippen molar-refractivity contribution in [2.45, 2.75) is 20.5 Å². The van der Waals surface area contributed by atoms with E-state index in [1.165, 1.54) is 5.56 Å². The van der Waals surface area contributed by atoms with Crippen molar-refractivity contribution in [2.75, 3.05) is 13.2 Å². The molecule has 27 heavy (non-hydrogen) atoms. The molecule has 0 aliphatic carbocycles. The summed E-state index contributed by atoms with van der Waals surface area (Å²) in [6, 6.07) is 14.0. The minimum absolute atomic E-state index is 0.439. The van der Waals surface area contributed by atoms with Crippen molar-refractivity contribution in [2.24, 2.45) is 5.10 Å². The van der Waals surface area contributed by atoms with Gasteiger partial charge in [0, 0.05) is 6.54 Å². The van der Waals surface area contributed by atoms with Crippen LogP contribution in [-0.4, -0.2) is 24.5 Å². The van der Waals surface area contributed by atoms with E-state index in [2.05, 4.69) is 53.6 Å². The fourth-order valence-electron chi connectivity index (χ4n) is 2.21. The molecule has 142 valence electrons. The normalized spacial score (nSPS) is 10.4. The highest BCUT2D eigenvalue weighted by Crippen LogP contribution is 2.28. The molecule has 0 amide bonds. The second-order valence-electron chi connectivity index (χ2n) is 5.78. The first-order chi connectivity index (χ1) is 13.1. The molecule has 0 unspecified atom stereocenters. The summed E-state index contributed by atoms with van der Waals surface area (Å²) in [5, 5.41) is 7.50. The number of hydrogen-bond acceptors (Lipinski definition) is 4. The van der Waals surface area contributed by atoms with Gasteiger partial charge in [-0.3, -0.25) is 5.43 Å². The van der Waals surface area contributed by atoms with Gasteiger partial charge in [-0.25, -0.2) is 0 Å². The number of hydrogen-bond donors (Lipinski definition) is 2. The number of nitrogens with zero attached hydrogens (tertiary/aromatic N) is 1. The average molecular weight is 384 g/mol. The first-order valence-corrected chi connectivity index (χ1v) is 9.16. The molecule has 0 fully saturated rings. The molecule has 0 saturated carbocycles. The predicted octanol–water partition coefficient (Wildman–Crippen LogP) is 3.96. The third-order valence-electron chi connectivity index (χ3n) is 3.57. The summed E-state index contributed by atoms with van der Waals surface area (Å²) in [7, 11) is 0. The number of aryl methyl sites for hydroxylation is 1. The maximum atomic E-state index is 5.93. The minimum Gasteiger partial charge on any atom is -0.490 e. The van der Waals surface area contributed by atoms with E-state index in [0.717, 1.165) is 11.1 Å². The van der Waals surface area contributed by atoms with Crippen LogP contribution in [0.5, 0.6) is 11.5 Å². The third-order valence-corrected chi connectivity index (χ3v) is 3.80. The molecular weight excluding hydrogens is 358 g/mol. The SMILES string of the molecule is C=CCNC(=S)N/N=C\c1ccc(OCc2ccc(C)cc2)c(OCC)c1. The van der Waals surface area contributed by atoms with Crippen LogP contribution in [0.3, 0.4) is 0 Å². The Labute approximate surface area is 166 Å². The topological polar surface area (TPSA) is 54.9 Å². The monoisotopic (exact) mass is 383 g/mol. The minimum atomic E-state index is 0.439. The Kier molecular flexibility index (Phi) is 8.32. The Bertz CT molecular complexity index is 789. The molecule has 2 rings (SSSR count). The van der Waals surface area contributed by atoms with Crippen LogP contribution in [0, 0.1) is 6.92 Å². The van der Waals surface area contributed by atoms with Crippen LogP contribution in [0.1, 0.15) is 23.6 Å². The van der Waals surface area contributed by atoms with Gasteiger partial charge in [0.15, 0.2) is 16.6 Å². The number of rotatable bonds is 9. The Morgan fingerprint density at radius 1 is 1.15 bits per heavy atom. The molecule has 6 heteroatoms. The highest BCUT2D eigenvalue weighted by Gasteiger charge is 2.06. The molecule has 2 N–H and O–H groups in total. The maximum Gasteiger partial charge on any atom is 0.187 e. The van der Waals surface area contributed by atoms with E-state index in [9.17, 15) is 0 Å². The van der Waals surface area contributed by atoms with Crippen LogP contribution in [-0.2, 0) is 6.61 Å². The first kappa shape index (κ1) is 20.5. The van der Waals surface area contributed by atoms with E-state index in [1.54, 1.807) is 12.3 Å². The maximum absolute atomic E-state index is 5.93. The molecule has 0 aliphatic rings. The molecule has 2 aromatic rings. The van der Waals surface area contributed by atoms with Crippen LogP contribution in [0.15, 0.2) is 60.2 Å². The molecule has 0 saturated heterocycles. The molecule has 0 atom stereocenters. The van der Waals surface area contributed by atoms with Crippen molar-refractivity contribution in [1.29, 1.82) is 0 Å². The number of ether oxygens (including phenoxy) is 2. The van der Waals surface area contributed by atoms with Gasteiger partial charge in [-0.2, -0.15) is 5.10 Å². The van der Waals surface area contributed by atoms with Crippen molar-refractivity contribution < 1.29 is 9.47 Å². The summed E-state index contributed by atoms with van der Waals surface area (Å²) < 4.78 is 11.6. The molecule has 5 nitrogen and oxygen atoms in total. The lowest BCUT2D eigenvalue weighted by molar-refractivity contribution is 0.269. The third kappa shape index (κ3) is 7.11. The van der Waals surface area contributed by atoms with Crippen molar-refractivity contribution in [3.8, 4) is 11.5 Å². The van der Waals surface area contributed by atoms with Crippen LogP contribution in [0.4, 0.5) is 0 Å². The second kappa shape index (κ2) is 11.0. The van der Waals surface area contributed by atoms with Crippen LogP contribution in [0.25, 0.3) is 0 Å². The Morgan fingerprint density at radius 3 is 2.63 bits per heavy atom. The summed E-state index contributed by atoms with van der Waals surface area (Å²) >= 11 is 5.08. The summed E-state index contributed by atoms with van der Waals surface area (Å²) in [5.41, 5.74) is 5.96. The van der Waals surface area contributed by atoms with E-state index in [-0.39, 0.29) is 0 Å². The van der Waals surface area contributed by atoms with Gasteiger partial charge in [0.25, 0.3) is 0 Å². The fourth-order valence-corrected chi connectivity index (χ4v) is 2.34. The molecule has 0 aliphatic heterocycles. The fraction of sp³-hybridized carbons (Fsp3) is 0.238. The van der Waals surface area contributed by atoms with Gasteiger partial charge >= 0.3 is 0 Å². The van der Waals surface area contributed by atoms with Crippen LogP contribution in [0.2, 0.25) is 0 Å². The highest BCUT2D eigenvalue weighted by atomic mass is 32.1. The molecule has 2 aromatic carbocycles. The van der Waals surface area contributed by atoms with E-state index < -0.39 is 0 Å². The highest BCUT2D eigenvalue weighted by molar-refractivity contribution is 7.80. The molecular formula is C21H25N3O2S. The number of benzene rings is 2. The molecule has 0 bridgehead atoms. The van der Waals surface area contributed by atoms with E-state index in [0.29, 0.717) is 36.4 Å². The lowest BCUT2D eigenvalue weighted by atomic mass is 10.2. The van der Waals surface area contributed by atoms with E-state index in [1.807, 2.05) is 25.1 Å². The van der Waals surface area contributed by atoms with Crippen LogP contribution < -0.4 is 20.2 Å². The second-order valence-corrected chi connectivity index (χ2v) is 6.19. The Hall–Kier alpha value is -2.86. The Balaban J connectivity index is 2.01. The summed E-state index contributed by atoms with van der Waals surface area (Å²) in [4.78, 5) is 0. The molecule has 0 aromatic heterocycles. The smallest absolute Gasteiger partial charge is 0.187 e. The van der Waals surface area contributed by atoms with Gasteiger partial charge in [0.1, 0.15) is 6.61 Å². The van der Waals surface area contributed by atoms with Crippen molar-refractivity contribution in [3.05, 3.63) is 71.8 Å². The standard InChI is InChI=1S/C21H25N3O2S/c1-4-12-22-21(27)24-23-14-18-10-11-19(20(13-18)25-5-2)26-15-17-8-6-16(3)7-9-17/h4,6-11,13-14H,1,5,12,15H2,2-3H3,(H2,22,24,27)/b23-14-. The quantitative estimate of drug-likeness (QED) is 0.297. The zero-order chi connectivity index (χ0) is 19.5. The lowest BCUT2D eigenvalue weighted by Gasteiger charge is -2.13. The van der Waals surface area contributed by atoms with Gasteiger partial charge in [-0.1, -0.05) is 35.9 Å². The predicted molar refractivity (Wildman–Crippen MR) is 115 cm³/mol. The zero-order valence-corrected chi connectivity index (χ0v) is 16.5. The van der Waals surface area contributed by atoms with Crippen molar-refractivity contribution >= 4 is 23.5 Å². The lowest BCUT2D eigenvalue weighted by Crippen LogP contribution is -2.31. The first-order valence-electron chi connectivity index (χ1n) is 8.75. The van der Waals surface area contributed by atoms with Crippen molar-refractivity contribution in [3.63, 3.8) is 0 Å². The summed E-state index contributed by atoms with van der Waals surface area (Å²) in [6.07, 6.45) is 3.40. The largest absolute Gasteiger partial charge is 0.490 e. The van der Waals surface area contributed by atoms with E-state index in [4.69, 9.17) is 21.7 Å². The van der Waals surface area contributed by atoms with Gasteiger partial charge in [0.2, 0.25) is 0 Å².